The summed E-state index contributed by atoms with van der Waals surface area (Å²) in [5.41, 5.74) is -4.15. The summed E-state index contributed by atoms with van der Waals surface area (Å²) >= 11 is 0. The molecular weight excluding hydrogens is 825 g/mol. The van der Waals surface area contributed by atoms with E-state index in [1.54, 1.807) is 4.98 Å². The van der Waals surface area contributed by atoms with Gasteiger partial charge in [-0.25, -0.2) is 4.79 Å². The van der Waals surface area contributed by atoms with E-state index < -0.39 is 120 Å². The molecule has 0 bridgehead atoms. The zero-order valence-corrected chi connectivity index (χ0v) is 25.1. The van der Waals surface area contributed by atoms with Crippen molar-refractivity contribution in [3.63, 3.8) is 0 Å². The van der Waals surface area contributed by atoms with Crippen LogP contribution in [0.1, 0.15) is 19.1 Å². The Hall–Kier alpha value is -3.77. The smallest absolute Gasteiger partial charge is 0.394 e. The number of hydrogen-bond acceptors (Lipinski definition) is 7. The topological polar surface area (TPSA) is 135 Å². The molecule has 3 atom stereocenters. The van der Waals surface area contributed by atoms with Crippen LogP contribution in [0.15, 0.2) is 22.0 Å². The molecular formula is C23H16F21N5O5. The molecule has 1 aliphatic rings. The Kier molecular flexibility index (Phi) is 10.9. The Morgan fingerprint density at radius 2 is 1.15 bits per heavy atom. The zero-order chi connectivity index (χ0) is 42.3. The normalized spacial score (nSPS) is 20.5. The van der Waals surface area contributed by atoms with E-state index in [4.69, 9.17) is 9.84 Å². The quantitative estimate of drug-likeness (QED) is 0.226. The van der Waals surface area contributed by atoms with E-state index in [1.165, 1.54) is 0 Å². The van der Waals surface area contributed by atoms with Crippen molar-refractivity contribution in [2.45, 2.75) is 97.3 Å². The van der Waals surface area contributed by atoms with Crippen LogP contribution in [-0.2, 0) is 11.3 Å². The summed E-state index contributed by atoms with van der Waals surface area (Å²) in [4.78, 5) is 26.2. The number of alkyl halides is 21. The highest BCUT2D eigenvalue weighted by molar-refractivity contribution is 5.54. The van der Waals surface area contributed by atoms with Crippen molar-refractivity contribution in [1.82, 2.24) is 24.5 Å². The highest BCUT2D eigenvalue weighted by Crippen LogP contribution is 2.66. The first-order valence-electron chi connectivity index (χ1n) is 13.6. The second-order valence-corrected chi connectivity index (χ2v) is 11.2. The van der Waals surface area contributed by atoms with Crippen LogP contribution in [0.2, 0.25) is 0 Å². The highest BCUT2D eigenvalue weighted by Gasteiger charge is 2.97. The van der Waals surface area contributed by atoms with Crippen LogP contribution < -0.4 is 11.2 Å². The fourth-order valence-electron chi connectivity index (χ4n) is 4.47. The molecule has 0 aliphatic carbocycles. The SMILES string of the molecule is O=c1[nH]c(=O)n([C@H]2C[C@H](O)[C@@H](CO)O2)cc1-c1cn(CCC(F)(F)C(F)(F)C(F)(F)C(F)(F)C(F)(F)C(F)(F)C(F)(F)C(F)(F)C(F)(F)C(F)(F)F)nn1. The third-order valence-electron chi connectivity index (χ3n) is 7.71. The predicted octanol–water partition coefficient (Wildman–Crippen LogP) is 5.11. The van der Waals surface area contributed by atoms with Gasteiger partial charge >= 0.3 is 65.2 Å². The Labute approximate surface area is 281 Å². The van der Waals surface area contributed by atoms with Gasteiger partial charge in [0.2, 0.25) is 0 Å². The number of aromatic nitrogens is 5. The van der Waals surface area contributed by atoms with Gasteiger partial charge < -0.3 is 14.9 Å². The lowest BCUT2D eigenvalue weighted by Crippen LogP contribution is -2.76. The summed E-state index contributed by atoms with van der Waals surface area (Å²) in [6.07, 6.45) is -14.5. The number of halogens is 21. The number of aliphatic hydroxyl groups is 2. The predicted molar refractivity (Wildman–Crippen MR) is 127 cm³/mol. The first kappa shape index (κ1) is 44.6. The second kappa shape index (κ2) is 13.2. The molecule has 0 saturated carbocycles. The maximum Gasteiger partial charge on any atom is 0.460 e. The van der Waals surface area contributed by atoms with E-state index in [2.05, 4.69) is 10.3 Å². The number of hydrogen-bond donors (Lipinski definition) is 3. The summed E-state index contributed by atoms with van der Waals surface area (Å²) in [5.74, 6) is -78.1. The van der Waals surface area contributed by atoms with Gasteiger partial charge in [-0.2, -0.15) is 92.2 Å². The number of nitrogens with zero attached hydrogens (tertiary/aromatic N) is 4. The minimum Gasteiger partial charge on any atom is -0.394 e. The molecule has 2 aromatic rings. The van der Waals surface area contributed by atoms with Crippen molar-refractivity contribution >= 4 is 0 Å². The second-order valence-electron chi connectivity index (χ2n) is 11.2. The highest BCUT2D eigenvalue weighted by atomic mass is 19.4. The summed E-state index contributed by atoms with van der Waals surface area (Å²) in [5, 5.41) is 25.1. The first-order valence-corrected chi connectivity index (χ1v) is 13.6. The largest absolute Gasteiger partial charge is 0.460 e. The summed E-state index contributed by atoms with van der Waals surface area (Å²) in [6, 6.07) is 0. The number of rotatable bonds is 14. The zero-order valence-electron chi connectivity index (χ0n) is 25.1. The summed E-state index contributed by atoms with van der Waals surface area (Å²) in [7, 11) is 0. The third-order valence-corrected chi connectivity index (χ3v) is 7.71. The van der Waals surface area contributed by atoms with Gasteiger partial charge in [0.05, 0.1) is 24.5 Å². The van der Waals surface area contributed by atoms with Crippen LogP contribution in [0.5, 0.6) is 0 Å². The molecule has 0 unspecified atom stereocenters. The molecule has 3 rings (SSSR count). The fraction of sp³-hybridized carbons (Fsp3) is 0.739. The van der Waals surface area contributed by atoms with Gasteiger partial charge in [0.25, 0.3) is 5.56 Å². The van der Waals surface area contributed by atoms with Crippen LogP contribution in [0.25, 0.3) is 11.3 Å². The van der Waals surface area contributed by atoms with E-state index in [1.807, 2.05) is 0 Å². The van der Waals surface area contributed by atoms with Gasteiger partial charge in [-0.3, -0.25) is 19.0 Å². The molecule has 31 heteroatoms. The minimum atomic E-state index is -9.28. The van der Waals surface area contributed by atoms with Crippen molar-refractivity contribution in [2.24, 2.45) is 0 Å². The molecule has 10 nitrogen and oxygen atoms in total. The van der Waals surface area contributed by atoms with Gasteiger partial charge in [0, 0.05) is 25.6 Å². The maximum absolute atomic E-state index is 14.4. The van der Waals surface area contributed by atoms with Crippen LogP contribution in [0.3, 0.4) is 0 Å². The molecule has 0 spiro atoms. The molecule has 0 amide bonds. The molecule has 54 heavy (non-hydrogen) atoms. The molecule has 2 aromatic heterocycles. The Morgan fingerprint density at radius 1 is 0.704 bits per heavy atom. The Bertz CT molecular complexity index is 1800. The summed E-state index contributed by atoms with van der Waals surface area (Å²) in [6.45, 7) is -2.73. The lowest BCUT2D eigenvalue weighted by atomic mass is 9.86. The van der Waals surface area contributed by atoms with E-state index in [0.717, 1.165) is 0 Å². The number of H-pyrrole nitrogens is 1. The maximum atomic E-state index is 14.4. The van der Waals surface area contributed by atoms with Crippen molar-refractivity contribution < 1.29 is 107 Å². The Balaban J connectivity index is 1.93. The number of aliphatic hydroxyl groups excluding tert-OH is 2. The van der Waals surface area contributed by atoms with Crippen LogP contribution >= 0.6 is 0 Å². The molecule has 3 N–H and O–H groups in total. The fourth-order valence-corrected chi connectivity index (χ4v) is 4.47. The molecule has 1 fully saturated rings. The van der Waals surface area contributed by atoms with Gasteiger partial charge in [0.15, 0.2) is 0 Å². The van der Waals surface area contributed by atoms with E-state index >= 15 is 0 Å². The number of aromatic amines is 1. The van der Waals surface area contributed by atoms with Gasteiger partial charge in [-0.15, -0.1) is 5.10 Å². The van der Waals surface area contributed by atoms with Gasteiger partial charge in [0.1, 0.15) is 18.0 Å². The van der Waals surface area contributed by atoms with Crippen LogP contribution in [0, 0.1) is 0 Å². The Morgan fingerprint density at radius 3 is 1.57 bits per heavy atom. The van der Waals surface area contributed by atoms with Crippen LogP contribution in [0.4, 0.5) is 92.2 Å². The standard InChI is InChI=1S/C23H16F21N5O5/c24-14(25,1-2-48-5-8(46-47-48)7-4-49(13(53)45-12(7)52)11-3-9(51)10(6-50)54-11)15(26,27)16(28,29)17(30,31)18(32,33)19(34,35)20(36,37)21(38,39)22(40,41)23(42,43)44/h4-5,9-11,50-51H,1-3,6H2,(H,45,52,53)/t9-,10+,11+/m0/s1. The molecule has 1 saturated heterocycles. The molecule has 310 valence electrons. The lowest BCUT2D eigenvalue weighted by molar-refractivity contribution is -0.474. The molecule has 3 heterocycles. The van der Waals surface area contributed by atoms with Crippen molar-refractivity contribution in [3.05, 3.63) is 33.2 Å². The first-order chi connectivity index (χ1) is 23.9. The molecule has 0 radical (unpaired) electrons. The molecule has 0 aromatic carbocycles. The van der Waals surface area contributed by atoms with Crippen molar-refractivity contribution in [1.29, 1.82) is 0 Å². The van der Waals surface area contributed by atoms with E-state index in [0.29, 0.717) is 17.0 Å². The monoisotopic (exact) mass is 841 g/mol. The van der Waals surface area contributed by atoms with Gasteiger partial charge in [-0.05, 0) is 0 Å². The van der Waals surface area contributed by atoms with Crippen molar-refractivity contribution in [2.75, 3.05) is 6.61 Å². The third kappa shape index (κ3) is 6.34. The summed E-state index contributed by atoms with van der Waals surface area (Å²) < 4.78 is 291. The average molecular weight is 841 g/mol. The number of ether oxygens (including phenoxy) is 1. The van der Waals surface area contributed by atoms with Crippen LogP contribution in [-0.4, -0.2) is 113 Å². The molecule has 1 aliphatic heterocycles. The van der Waals surface area contributed by atoms with E-state index in [9.17, 15) is 107 Å². The number of aryl methyl sites for hydroxylation is 1. The van der Waals surface area contributed by atoms with Gasteiger partial charge in [-0.1, -0.05) is 5.21 Å². The lowest BCUT2D eigenvalue weighted by Gasteiger charge is -2.44. The van der Waals surface area contributed by atoms with Crippen molar-refractivity contribution in [3.8, 4) is 11.3 Å². The minimum absolute atomic E-state index is 0.0890. The number of nitrogens with one attached hydrogen (secondary N) is 1. The average Bonchev–Trinajstić information content (AvgIpc) is 3.65. The van der Waals surface area contributed by atoms with E-state index in [-0.39, 0.29) is 11.1 Å².